The average molecular weight is 390 g/mol. The molecule has 1 N–H and O–H groups in total. The number of halogens is 1. The topological polar surface area (TPSA) is 78.3 Å². The fraction of sp³-hybridized carbons (Fsp3) is 0.222. The number of hydrogen-bond donors (Lipinski definition) is 1. The third-order valence-electron chi connectivity index (χ3n) is 4.05. The molecule has 142 valence electrons. The van der Waals surface area contributed by atoms with E-state index in [0.29, 0.717) is 22.7 Å². The van der Waals surface area contributed by atoms with E-state index in [2.05, 4.69) is 14.9 Å². The van der Waals surface area contributed by atoms with Gasteiger partial charge in [0.05, 0.1) is 19.5 Å². The smallest absolute Gasteiger partial charge is 0.241 e. The first-order chi connectivity index (χ1) is 13.1. The molecule has 2 aromatic carbocycles. The number of nitrogens with one attached hydrogen (secondary N) is 1. The van der Waals surface area contributed by atoms with E-state index in [1.165, 1.54) is 26.6 Å². The maximum Gasteiger partial charge on any atom is 0.241 e. The molecule has 3 aromatic rings. The second kappa shape index (κ2) is 8.17. The van der Waals surface area contributed by atoms with Gasteiger partial charge in [0.1, 0.15) is 40.3 Å². The van der Waals surface area contributed by atoms with Crippen LogP contribution in [0, 0.1) is 5.82 Å². The van der Waals surface area contributed by atoms with Crippen LogP contribution in [0.3, 0.4) is 0 Å². The van der Waals surface area contributed by atoms with E-state index in [1.807, 2.05) is 0 Å². The van der Waals surface area contributed by atoms with E-state index in [9.17, 15) is 8.60 Å². The van der Waals surface area contributed by atoms with Crippen LogP contribution in [0.15, 0.2) is 48.8 Å². The fourth-order valence-electron chi connectivity index (χ4n) is 2.64. The molecule has 2 unspecified atom stereocenters. The first-order valence-electron chi connectivity index (χ1n) is 8.09. The fourth-order valence-corrected chi connectivity index (χ4v) is 3.55. The van der Waals surface area contributed by atoms with Crippen molar-refractivity contribution in [1.82, 2.24) is 14.8 Å². The van der Waals surface area contributed by atoms with Crippen LogP contribution in [0.1, 0.15) is 17.7 Å². The predicted molar refractivity (Wildman–Crippen MR) is 101 cm³/mol. The first kappa shape index (κ1) is 18.8. The summed E-state index contributed by atoms with van der Waals surface area (Å²) >= 11 is 0. The number of nitrogens with zero attached hydrogens (tertiary/aromatic N) is 3. The van der Waals surface area contributed by atoms with E-state index in [1.54, 1.807) is 47.9 Å². The molecule has 1 aromatic heterocycles. The molecule has 0 spiro atoms. The van der Waals surface area contributed by atoms with Crippen LogP contribution in [-0.4, -0.2) is 33.2 Å². The largest absolute Gasteiger partial charge is 0.494 e. The molecule has 2 atom stereocenters. The van der Waals surface area contributed by atoms with Gasteiger partial charge in [-0.3, -0.25) is 9.29 Å². The van der Waals surface area contributed by atoms with Crippen molar-refractivity contribution in [2.45, 2.75) is 12.2 Å². The number of benzene rings is 2. The van der Waals surface area contributed by atoms with Gasteiger partial charge in [-0.05, 0) is 25.1 Å². The summed E-state index contributed by atoms with van der Waals surface area (Å²) in [6.07, 6.45) is 1.45. The van der Waals surface area contributed by atoms with Crippen molar-refractivity contribution >= 4 is 16.9 Å². The van der Waals surface area contributed by atoms with Gasteiger partial charge in [0.2, 0.25) is 5.95 Å². The molecule has 3 rings (SSSR count). The monoisotopic (exact) mass is 390 g/mol. The molecule has 7 nitrogen and oxygen atoms in total. The van der Waals surface area contributed by atoms with Gasteiger partial charge >= 0.3 is 0 Å². The van der Waals surface area contributed by atoms with Crippen molar-refractivity contribution in [3.63, 3.8) is 0 Å². The highest BCUT2D eigenvalue weighted by Crippen LogP contribution is 2.34. The third-order valence-corrected chi connectivity index (χ3v) is 5.33. The van der Waals surface area contributed by atoms with Crippen molar-refractivity contribution in [2.24, 2.45) is 0 Å². The Balaban J connectivity index is 1.93. The van der Waals surface area contributed by atoms with Gasteiger partial charge in [-0.2, -0.15) is 0 Å². The van der Waals surface area contributed by atoms with Crippen LogP contribution in [0.4, 0.5) is 10.3 Å². The Labute approximate surface area is 158 Å². The maximum atomic E-state index is 14.0. The van der Waals surface area contributed by atoms with Gasteiger partial charge in [0.15, 0.2) is 0 Å². The van der Waals surface area contributed by atoms with Gasteiger partial charge < -0.3 is 9.47 Å². The number of para-hydroxylation sites is 1. The van der Waals surface area contributed by atoms with Crippen molar-refractivity contribution in [3.8, 4) is 17.2 Å². The first-order valence-corrected chi connectivity index (χ1v) is 9.31. The number of hydrogen-bond acceptors (Lipinski definition) is 5. The minimum atomic E-state index is -1.65. The summed E-state index contributed by atoms with van der Waals surface area (Å²) in [6.45, 7) is 1.67. The maximum absolute atomic E-state index is 14.0. The SMILES string of the molecule is COc1cccc(OC)c1-n1cnnc1NS(=O)C(C)c1ccccc1F. The van der Waals surface area contributed by atoms with Crippen molar-refractivity contribution < 1.29 is 18.1 Å². The van der Waals surface area contributed by atoms with Crippen LogP contribution in [0.25, 0.3) is 5.69 Å². The lowest BCUT2D eigenvalue weighted by molar-refractivity contribution is 0.391. The molecule has 27 heavy (non-hydrogen) atoms. The summed E-state index contributed by atoms with van der Waals surface area (Å²) in [6, 6.07) is 11.6. The molecule has 0 aliphatic carbocycles. The minimum absolute atomic E-state index is 0.222. The lowest BCUT2D eigenvalue weighted by Crippen LogP contribution is -2.16. The molecule has 1 heterocycles. The summed E-state index contributed by atoms with van der Waals surface area (Å²) in [5, 5.41) is 7.27. The highest BCUT2D eigenvalue weighted by atomic mass is 32.2. The lowest BCUT2D eigenvalue weighted by Gasteiger charge is -2.17. The Morgan fingerprint density at radius 3 is 2.41 bits per heavy atom. The number of methoxy groups -OCH3 is 2. The highest BCUT2D eigenvalue weighted by Gasteiger charge is 2.21. The summed E-state index contributed by atoms with van der Waals surface area (Å²) in [7, 11) is 1.42. The van der Waals surface area contributed by atoms with E-state index in [0.717, 1.165) is 0 Å². The molecular formula is C18H19FN4O3S. The van der Waals surface area contributed by atoms with Crippen molar-refractivity contribution in [1.29, 1.82) is 0 Å². The molecule has 0 saturated heterocycles. The minimum Gasteiger partial charge on any atom is -0.494 e. The second-order valence-electron chi connectivity index (χ2n) is 5.60. The normalized spacial score (nSPS) is 13.0. The van der Waals surface area contributed by atoms with Gasteiger partial charge in [0, 0.05) is 5.56 Å². The average Bonchev–Trinajstić information content (AvgIpc) is 3.14. The molecule has 0 aliphatic heterocycles. The van der Waals surface area contributed by atoms with Gasteiger partial charge in [-0.25, -0.2) is 8.60 Å². The Morgan fingerprint density at radius 1 is 1.11 bits per heavy atom. The van der Waals surface area contributed by atoms with Gasteiger partial charge in [-0.15, -0.1) is 10.2 Å². The molecule has 0 saturated carbocycles. The van der Waals surface area contributed by atoms with Gasteiger partial charge in [0.25, 0.3) is 0 Å². The molecule has 0 radical (unpaired) electrons. The molecule has 0 bridgehead atoms. The van der Waals surface area contributed by atoms with Crippen molar-refractivity contribution in [3.05, 3.63) is 60.2 Å². The Hall–Kier alpha value is -2.94. The third kappa shape index (κ3) is 3.77. The zero-order valence-corrected chi connectivity index (χ0v) is 15.9. The summed E-state index contributed by atoms with van der Waals surface area (Å²) in [5.41, 5.74) is 0.912. The number of anilines is 1. The molecule has 0 fully saturated rings. The number of rotatable bonds is 7. The molecule has 9 heteroatoms. The second-order valence-corrected chi connectivity index (χ2v) is 7.10. The van der Waals surface area contributed by atoms with E-state index >= 15 is 0 Å². The Kier molecular flexibility index (Phi) is 5.70. The zero-order chi connectivity index (χ0) is 19.4. The summed E-state index contributed by atoms with van der Waals surface area (Å²) in [5.74, 6) is 0.877. The van der Waals surface area contributed by atoms with Crippen LogP contribution < -0.4 is 14.2 Å². The predicted octanol–water partition coefficient (Wildman–Crippen LogP) is 3.26. The summed E-state index contributed by atoms with van der Waals surface area (Å²) < 4.78 is 41.9. The van der Waals surface area contributed by atoms with Gasteiger partial charge in [-0.1, -0.05) is 24.3 Å². The zero-order valence-electron chi connectivity index (χ0n) is 15.0. The Morgan fingerprint density at radius 2 is 1.78 bits per heavy atom. The Bertz CT molecular complexity index is 941. The highest BCUT2D eigenvalue weighted by molar-refractivity contribution is 7.86. The molecule has 0 amide bonds. The van der Waals surface area contributed by atoms with E-state index in [-0.39, 0.29) is 5.95 Å². The van der Waals surface area contributed by atoms with Crippen LogP contribution in [-0.2, 0) is 11.0 Å². The lowest BCUT2D eigenvalue weighted by atomic mass is 10.1. The molecular weight excluding hydrogens is 371 g/mol. The van der Waals surface area contributed by atoms with Crippen molar-refractivity contribution in [2.75, 3.05) is 18.9 Å². The van der Waals surface area contributed by atoms with Crippen LogP contribution in [0.5, 0.6) is 11.5 Å². The molecule has 0 aliphatic rings. The van der Waals surface area contributed by atoms with E-state index in [4.69, 9.17) is 9.47 Å². The van der Waals surface area contributed by atoms with E-state index < -0.39 is 22.1 Å². The number of ether oxygens (including phenoxy) is 2. The number of aromatic nitrogens is 3. The van der Waals surface area contributed by atoms with Crippen LogP contribution in [0.2, 0.25) is 0 Å². The quantitative estimate of drug-likeness (QED) is 0.670. The van der Waals surface area contributed by atoms with Crippen LogP contribution >= 0.6 is 0 Å². The summed E-state index contributed by atoms with van der Waals surface area (Å²) in [4.78, 5) is 0. The standard InChI is InChI=1S/C18H19FN4O3S/c1-12(13-7-4-5-8-14(13)19)27(24)22-18-21-20-11-23(18)17-15(25-2)9-6-10-16(17)26-3/h4-12H,1-3H3,(H,21,22).